The van der Waals surface area contributed by atoms with E-state index >= 15 is 4.57 Å². The zero-order valence-corrected chi connectivity index (χ0v) is 29.2. The number of nitrogen functional groups attached to an aromatic ring is 1. The molecule has 0 bridgehead atoms. The van der Waals surface area contributed by atoms with E-state index in [0.717, 1.165) is 17.5 Å². The van der Waals surface area contributed by atoms with Gasteiger partial charge in [-0.2, -0.15) is 9.97 Å². The van der Waals surface area contributed by atoms with Crippen LogP contribution in [-0.4, -0.2) is 85.5 Å². The smallest absolute Gasteiger partial charge is 0.324 e. The molecule has 2 atom stereocenters. The molecule has 4 heterocycles. The van der Waals surface area contributed by atoms with Crippen molar-refractivity contribution in [3.05, 3.63) is 78.1 Å². The summed E-state index contributed by atoms with van der Waals surface area (Å²) in [5, 5.41) is 0. The number of fused-ring (bicyclic) bond motifs is 1. The number of esters is 2. The molecule has 2 saturated heterocycles. The van der Waals surface area contributed by atoms with Crippen LogP contribution < -0.4 is 10.5 Å². The highest BCUT2D eigenvalue weighted by molar-refractivity contribution is 7.59. The van der Waals surface area contributed by atoms with Crippen LogP contribution in [0.1, 0.15) is 50.2 Å². The highest BCUT2D eigenvalue weighted by Gasteiger charge is 2.51. The van der Waals surface area contributed by atoms with Crippen molar-refractivity contribution in [1.82, 2.24) is 28.9 Å². The fraction of sp³-hybridized carbons (Fsp3) is 0.457. The van der Waals surface area contributed by atoms with Gasteiger partial charge in [-0.05, 0) is 43.2 Å². The van der Waals surface area contributed by atoms with Crippen LogP contribution in [0, 0.1) is 0 Å². The number of rotatable bonds is 16. The van der Waals surface area contributed by atoms with E-state index in [0.29, 0.717) is 69.0 Å². The molecule has 0 spiro atoms. The predicted octanol–water partition coefficient (Wildman–Crippen LogP) is 4.78. The Hall–Kier alpha value is -4.36. The standard InChI is InChI=1S/C35H44N7O7P/c1-2-20-47-32-30-31(38-35(36)39-32)40(24-37-30)19-21-46-25-50(45,41-17-9-15-28(41)33(43)48-22-26-11-5-3-6-12-26)42-18-10-16-29(42)34(44)49-23-27-13-7-4-8-14-27/h3-8,11-14,24,28-29H,2,9-10,15-23,25H2,1H3,(H2,36,38,39)/t28-,29-/m0/s1. The van der Waals surface area contributed by atoms with Gasteiger partial charge in [0.25, 0.3) is 0 Å². The van der Waals surface area contributed by atoms with Crippen molar-refractivity contribution < 1.29 is 33.1 Å². The first-order chi connectivity index (χ1) is 24.4. The molecule has 2 aromatic carbocycles. The van der Waals surface area contributed by atoms with Crippen molar-refractivity contribution in [2.75, 3.05) is 38.4 Å². The Morgan fingerprint density at radius 2 is 1.44 bits per heavy atom. The second-order valence-corrected chi connectivity index (χ2v) is 15.0. The summed E-state index contributed by atoms with van der Waals surface area (Å²) in [4.78, 5) is 40.0. The van der Waals surface area contributed by atoms with Crippen molar-refractivity contribution in [2.24, 2.45) is 0 Å². The molecule has 266 valence electrons. The fourth-order valence-electron chi connectivity index (χ4n) is 6.42. The second-order valence-electron chi connectivity index (χ2n) is 12.4. The normalized spacial score (nSPS) is 18.4. The number of benzene rings is 2. The zero-order chi connectivity index (χ0) is 34.9. The number of carbonyl (C=O) groups is 2. The summed E-state index contributed by atoms with van der Waals surface area (Å²) in [5.74, 6) is -0.513. The van der Waals surface area contributed by atoms with Crippen LogP contribution >= 0.6 is 7.44 Å². The van der Waals surface area contributed by atoms with E-state index in [4.69, 9.17) is 24.7 Å². The van der Waals surface area contributed by atoms with Crippen LogP contribution in [0.15, 0.2) is 67.0 Å². The first-order valence-electron chi connectivity index (χ1n) is 17.1. The van der Waals surface area contributed by atoms with Crippen LogP contribution in [-0.2, 0) is 48.1 Å². The molecule has 2 aliphatic heterocycles. The average molecular weight is 706 g/mol. The SMILES string of the molecule is CCCOc1nc(N)nc2c1ncn2CCOCP(=O)(N1CCC[C@H]1C(=O)OCc1ccccc1)N1CCC[C@H]1C(=O)OCc1ccccc1. The number of carbonyl (C=O) groups excluding carboxylic acids is 2. The molecule has 0 radical (unpaired) electrons. The molecule has 0 saturated carbocycles. The number of hydrogen-bond donors (Lipinski definition) is 1. The molecular weight excluding hydrogens is 661 g/mol. The summed E-state index contributed by atoms with van der Waals surface area (Å²) in [5.41, 5.74) is 8.67. The summed E-state index contributed by atoms with van der Waals surface area (Å²) in [6, 6.07) is 17.4. The number of ether oxygens (including phenoxy) is 4. The van der Waals surface area contributed by atoms with Gasteiger partial charge in [-0.15, -0.1) is 0 Å². The number of imidazole rings is 1. The maximum Gasteiger partial charge on any atom is 0.324 e. The number of nitrogens with two attached hydrogens (primary N) is 1. The van der Waals surface area contributed by atoms with Gasteiger partial charge in [-0.25, -0.2) is 14.3 Å². The lowest BCUT2D eigenvalue weighted by Gasteiger charge is -2.39. The first-order valence-corrected chi connectivity index (χ1v) is 18.9. The molecule has 0 aliphatic carbocycles. The monoisotopic (exact) mass is 705 g/mol. The van der Waals surface area contributed by atoms with E-state index < -0.39 is 31.5 Å². The number of hydrogen-bond acceptors (Lipinski definition) is 11. The fourth-order valence-corrected chi connectivity index (χ4v) is 9.58. The van der Waals surface area contributed by atoms with Crippen molar-refractivity contribution in [3.63, 3.8) is 0 Å². The lowest BCUT2D eigenvalue weighted by Crippen LogP contribution is -2.44. The minimum Gasteiger partial charge on any atom is -0.476 e. The van der Waals surface area contributed by atoms with Crippen molar-refractivity contribution in [3.8, 4) is 5.88 Å². The molecule has 2 aromatic heterocycles. The van der Waals surface area contributed by atoms with Crippen molar-refractivity contribution in [1.29, 1.82) is 0 Å². The van der Waals surface area contributed by atoms with E-state index in [1.165, 1.54) is 0 Å². The topological polar surface area (TPSA) is 164 Å². The van der Waals surface area contributed by atoms with Crippen molar-refractivity contribution in [2.45, 2.75) is 70.9 Å². The summed E-state index contributed by atoms with van der Waals surface area (Å²) in [6.45, 7) is 3.96. The van der Waals surface area contributed by atoms with E-state index in [2.05, 4.69) is 15.0 Å². The molecule has 0 amide bonds. The van der Waals surface area contributed by atoms with E-state index in [-0.39, 0.29) is 32.1 Å². The molecule has 0 unspecified atom stereocenters. The summed E-state index contributed by atoms with van der Waals surface area (Å²) in [6.07, 6.45) is 4.47. The van der Waals surface area contributed by atoms with Gasteiger partial charge in [0.15, 0.2) is 11.2 Å². The van der Waals surface area contributed by atoms with Gasteiger partial charge in [-0.1, -0.05) is 67.6 Å². The van der Waals surface area contributed by atoms with Gasteiger partial charge in [-0.3, -0.25) is 14.2 Å². The molecule has 2 N–H and O–H groups in total. The second kappa shape index (κ2) is 16.6. The third-order valence-corrected chi connectivity index (χ3v) is 12.0. The van der Waals surface area contributed by atoms with Gasteiger partial charge < -0.3 is 29.2 Å². The Kier molecular flexibility index (Phi) is 11.7. The highest BCUT2D eigenvalue weighted by Crippen LogP contribution is 2.59. The molecule has 14 nitrogen and oxygen atoms in total. The number of aromatic nitrogens is 4. The third kappa shape index (κ3) is 8.15. The molecule has 2 fully saturated rings. The lowest BCUT2D eigenvalue weighted by molar-refractivity contribution is -0.149. The molecule has 15 heteroatoms. The maximum absolute atomic E-state index is 15.4. The van der Waals surface area contributed by atoms with Gasteiger partial charge >= 0.3 is 11.9 Å². The minimum atomic E-state index is -3.66. The Bertz CT molecular complexity index is 1710. The van der Waals surface area contributed by atoms with Gasteiger partial charge in [0.1, 0.15) is 31.6 Å². The lowest BCUT2D eigenvalue weighted by atomic mass is 10.2. The molecule has 50 heavy (non-hydrogen) atoms. The van der Waals surface area contributed by atoms with Crippen molar-refractivity contribution >= 4 is 36.5 Å². The Morgan fingerprint density at radius 3 is 2.00 bits per heavy atom. The Labute approximate surface area is 291 Å². The van der Waals surface area contributed by atoms with E-state index in [9.17, 15) is 9.59 Å². The maximum atomic E-state index is 15.4. The Morgan fingerprint density at radius 1 is 0.860 bits per heavy atom. The molecule has 6 rings (SSSR count). The summed E-state index contributed by atoms with van der Waals surface area (Å²) >= 11 is 0. The van der Waals surface area contributed by atoms with Crippen LogP contribution in [0.5, 0.6) is 5.88 Å². The van der Waals surface area contributed by atoms with Crippen LogP contribution in [0.3, 0.4) is 0 Å². The summed E-state index contributed by atoms with van der Waals surface area (Å²) in [7, 11) is -3.66. The van der Waals surface area contributed by atoms with Crippen LogP contribution in [0.25, 0.3) is 11.2 Å². The third-order valence-electron chi connectivity index (χ3n) is 8.87. The summed E-state index contributed by atoms with van der Waals surface area (Å²) < 4.78 is 44.0. The van der Waals surface area contributed by atoms with Crippen LogP contribution in [0.4, 0.5) is 5.95 Å². The largest absolute Gasteiger partial charge is 0.476 e. The van der Waals surface area contributed by atoms with Gasteiger partial charge in [0.05, 0.1) is 19.5 Å². The molecule has 2 aliphatic rings. The zero-order valence-electron chi connectivity index (χ0n) is 28.3. The van der Waals surface area contributed by atoms with Gasteiger partial charge in [0, 0.05) is 19.6 Å². The minimum absolute atomic E-state index is 0.0641. The first kappa shape index (κ1) is 35.5. The predicted molar refractivity (Wildman–Crippen MR) is 186 cm³/mol. The van der Waals surface area contributed by atoms with Gasteiger partial charge in [0.2, 0.25) is 19.3 Å². The van der Waals surface area contributed by atoms with E-state index in [1.54, 1.807) is 20.2 Å². The molecule has 4 aromatic rings. The average Bonchev–Trinajstić information content (AvgIpc) is 3.92. The Balaban J connectivity index is 1.19. The van der Waals surface area contributed by atoms with E-state index in [1.807, 2.05) is 67.6 Å². The quantitative estimate of drug-likeness (QED) is 0.0963. The van der Waals surface area contributed by atoms with Crippen LogP contribution in [0.2, 0.25) is 0 Å². The number of anilines is 1. The highest BCUT2D eigenvalue weighted by atomic mass is 31.2. The molecular formula is C35H44N7O7P. The number of nitrogens with zero attached hydrogens (tertiary/aromatic N) is 6.